The minimum atomic E-state index is -1.12. The van der Waals surface area contributed by atoms with Crippen molar-refractivity contribution in [1.29, 1.82) is 0 Å². The van der Waals surface area contributed by atoms with Crippen molar-refractivity contribution in [2.75, 3.05) is 6.54 Å². The van der Waals surface area contributed by atoms with E-state index in [1.54, 1.807) is 30.8 Å². The van der Waals surface area contributed by atoms with Gasteiger partial charge in [-0.05, 0) is 25.8 Å². The first kappa shape index (κ1) is 13.0. The van der Waals surface area contributed by atoms with Crippen LogP contribution in [0, 0.1) is 0 Å². The summed E-state index contributed by atoms with van der Waals surface area (Å²) < 4.78 is 1.62. The molecule has 1 aromatic rings. The molecule has 1 aliphatic heterocycles. The van der Waals surface area contributed by atoms with Crippen molar-refractivity contribution in [3.63, 3.8) is 0 Å². The molecule has 1 unspecified atom stereocenters. The summed E-state index contributed by atoms with van der Waals surface area (Å²) in [4.78, 5) is 25.1. The minimum Gasteiger partial charge on any atom is -0.480 e. The first-order chi connectivity index (χ1) is 8.36. The maximum Gasteiger partial charge on any atom is 0.329 e. The number of carboxylic acid groups (broad SMARTS) is 1. The Labute approximate surface area is 110 Å². The summed E-state index contributed by atoms with van der Waals surface area (Å²) >= 11 is 5.84. The van der Waals surface area contributed by atoms with E-state index < -0.39 is 11.5 Å². The Bertz CT molecular complexity index is 511. The lowest BCUT2D eigenvalue weighted by Crippen LogP contribution is -2.51. The number of aliphatic carboxylic acids is 1. The average Bonchev–Trinajstić information content (AvgIpc) is 2.82. The molecule has 5 nitrogen and oxygen atoms in total. The lowest BCUT2D eigenvalue weighted by Gasteiger charge is -2.31. The van der Waals surface area contributed by atoms with Gasteiger partial charge in [-0.2, -0.15) is 0 Å². The van der Waals surface area contributed by atoms with E-state index in [9.17, 15) is 14.7 Å². The summed E-state index contributed by atoms with van der Waals surface area (Å²) in [6.07, 6.45) is 2.81. The van der Waals surface area contributed by atoms with Crippen molar-refractivity contribution < 1.29 is 14.7 Å². The Morgan fingerprint density at radius 2 is 2.17 bits per heavy atom. The van der Waals surface area contributed by atoms with Crippen molar-refractivity contribution in [3.8, 4) is 0 Å². The Morgan fingerprint density at radius 3 is 2.67 bits per heavy atom. The minimum absolute atomic E-state index is 0.285. The van der Waals surface area contributed by atoms with E-state index in [2.05, 4.69) is 0 Å². The quantitative estimate of drug-likeness (QED) is 0.891. The SMILES string of the molecule is Cn1cc(Cl)cc1C(=O)N1CCCC1(C)C(=O)O. The Kier molecular flexibility index (Phi) is 3.11. The molecule has 98 valence electrons. The molecule has 1 aliphatic rings. The van der Waals surface area contributed by atoms with Gasteiger partial charge in [-0.1, -0.05) is 11.6 Å². The van der Waals surface area contributed by atoms with E-state index in [1.807, 2.05) is 0 Å². The summed E-state index contributed by atoms with van der Waals surface area (Å²) in [5, 5.41) is 9.76. The molecule has 1 aromatic heterocycles. The number of nitrogens with zero attached hydrogens (tertiary/aromatic N) is 2. The molecule has 0 spiro atoms. The lowest BCUT2D eigenvalue weighted by atomic mass is 9.99. The van der Waals surface area contributed by atoms with Crippen molar-refractivity contribution in [2.24, 2.45) is 7.05 Å². The number of amides is 1. The number of carbonyl (C=O) groups is 2. The Morgan fingerprint density at radius 1 is 1.50 bits per heavy atom. The van der Waals surface area contributed by atoms with Gasteiger partial charge in [0, 0.05) is 19.8 Å². The smallest absolute Gasteiger partial charge is 0.329 e. The normalized spacial score (nSPS) is 23.4. The molecular weight excluding hydrogens is 256 g/mol. The predicted molar refractivity (Wildman–Crippen MR) is 66.7 cm³/mol. The highest BCUT2D eigenvalue weighted by atomic mass is 35.5. The van der Waals surface area contributed by atoms with Gasteiger partial charge in [0.1, 0.15) is 11.2 Å². The van der Waals surface area contributed by atoms with Gasteiger partial charge in [-0.15, -0.1) is 0 Å². The highest BCUT2D eigenvalue weighted by Crippen LogP contribution is 2.31. The van der Waals surface area contributed by atoms with Crippen LogP contribution in [0.4, 0.5) is 0 Å². The van der Waals surface area contributed by atoms with Crippen LogP contribution in [0.2, 0.25) is 5.02 Å². The summed E-state index contributed by atoms with van der Waals surface area (Å²) in [5.74, 6) is -1.25. The van der Waals surface area contributed by atoms with Crippen LogP contribution in [0.1, 0.15) is 30.3 Å². The van der Waals surface area contributed by atoms with Crippen LogP contribution in [0.25, 0.3) is 0 Å². The second-order valence-corrected chi connectivity index (χ2v) is 5.23. The van der Waals surface area contributed by atoms with Gasteiger partial charge in [0.2, 0.25) is 0 Å². The highest BCUT2D eigenvalue weighted by Gasteiger charge is 2.46. The third-order valence-corrected chi connectivity index (χ3v) is 3.74. The second kappa shape index (κ2) is 4.31. The van der Waals surface area contributed by atoms with Crippen molar-refractivity contribution >= 4 is 23.5 Å². The molecule has 1 saturated heterocycles. The molecule has 1 fully saturated rings. The fourth-order valence-corrected chi connectivity index (χ4v) is 2.64. The number of likely N-dealkylation sites (tertiary alicyclic amines) is 1. The summed E-state index contributed by atoms with van der Waals surface area (Å²) in [6, 6.07) is 1.56. The lowest BCUT2D eigenvalue weighted by molar-refractivity contribution is -0.147. The monoisotopic (exact) mass is 270 g/mol. The first-order valence-electron chi connectivity index (χ1n) is 5.73. The average molecular weight is 271 g/mol. The van der Waals surface area contributed by atoms with Crippen LogP contribution in [-0.2, 0) is 11.8 Å². The molecule has 18 heavy (non-hydrogen) atoms. The number of hydrogen-bond acceptors (Lipinski definition) is 2. The Balaban J connectivity index is 2.34. The van der Waals surface area contributed by atoms with Crippen molar-refractivity contribution in [2.45, 2.75) is 25.3 Å². The van der Waals surface area contributed by atoms with Crippen LogP contribution >= 0.6 is 11.6 Å². The van der Waals surface area contributed by atoms with E-state index in [-0.39, 0.29) is 5.91 Å². The van der Waals surface area contributed by atoms with Gasteiger partial charge in [-0.3, -0.25) is 4.79 Å². The molecular formula is C12H15ClN2O3. The third kappa shape index (κ3) is 1.88. The molecule has 0 radical (unpaired) electrons. The molecule has 1 atom stereocenters. The van der Waals surface area contributed by atoms with E-state index in [0.29, 0.717) is 30.1 Å². The predicted octanol–water partition coefficient (Wildman–Crippen LogP) is 1.76. The number of rotatable bonds is 2. The molecule has 1 amide bonds. The third-order valence-electron chi connectivity index (χ3n) is 3.54. The highest BCUT2D eigenvalue weighted by molar-refractivity contribution is 6.31. The van der Waals surface area contributed by atoms with Crippen LogP contribution in [0.15, 0.2) is 12.3 Å². The molecule has 0 bridgehead atoms. The molecule has 1 N–H and O–H groups in total. The van der Waals surface area contributed by atoms with Gasteiger partial charge >= 0.3 is 5.97 Å². The van der Waals surface area contributed by atoms with Crippen LogP contribution in [0.3, 0.4) is 0 Å². The van der Waals surface area contributed by atoms with Gasteiger partial charge in [0.05, 0.1) is 5.02 Å². The standard InChI is InChI=1S/C12H15ClN2O3/c1-12(11(17)18)4-3-5-15(12)10(16)9-6-8(13)7-14(9)2/h6-7H,3-5H2,1-2H3,(H,17,18). The number of halogens is 1. The zero-order valence-electron chi connectivity index (χ0n) is 10.3. The zero-order valence-corrected chi connectivity index (χ0v) is 11.1. The number of aromatic nitrogens is 1. The summed E-state index contributed by atoms with van der Waals surface area (Å²) in [6.45, 7) is 2.05. The largest absolute Gasteiger partial charge is 0.480 e. The van der Waals surface area contributed by atoms with E-state index >= 15 is 0 Å². The van der Waals surface area contributed by atoms with Gasteiger partial charge < -0.3 is 14.6 Å². The molecule has 0 aromatic carbocycles. The van der Waals surface area contributed by atoms with Gasteiger partial charge in [0.25, 0.3) is 5.91 Å². The van der Waals surface area contributed by atoms with Crippen molar-refractivity contribution in [1.82, 2.24) is 9.47 Å². The fourth-order valence-electron chi connectivity index (χ4n) is 2.39. The number of aryl methyl sites for hydroxylation is 1. The summed E-state index contributed by atoms with van der Waals surface area (Å²) in [7, 11) is 1.72. The van der Waals surface area contributed by atoms with Gasteiger partial charge in [0.15, 0.2) is 0 Å². The molecule has 0 aliphatic carbocycles. The zero-order chi connectivity index (χ0) is 13.5. The molecule has 6 heteroatoms. The number of hydrogen-bond donors (Lipinski definition) is 1. The van der Waals surface area contributed by atoms with E-state index in [0.717, 1.165) is 0 Å². The molecule has 2 heterocycles. The number of carbonyl (C=O) groups excluding carboxylic acids is 1. The van der Waals surface area contributed by atoms with Crippen molar-refractivity contribution in [3.05, 3.63) is 23.0 Å². The molecule has 0 saturated carbocycles. The molecule has 2 rings (SSSR count). The maximum absolute atomic E-state index is 12.4. The topological polar surface area (TPSA) is 62.5 Å². The van der Waals surface area contributed by atoms with E-state index in [1.165, 1.54) is 4.90 Å². The van der Waals surface area contributed by atoms with Crippen LogP contribution < -0.4 is 0 Å². The Hall–Kier alpha value is -1.49. The fraction of sp³-hybridized carbons (Fsp3) is 0.500. The number of carboxylic acids is 1. The summed E-state index contributed by atoms with van der Waals surface area (Å²) in [5.41, 5.74) is -0.706. The van der Waals surface area contributed by atoms with E-state index in [4.69, 9.17) is 11.6 Å². The second-order valence-electron chi connectivity index (χ2n) is 4.79. The first-order valence-corrected chi connectivity index (χ1v) is 6.11. The van der Waals surface area contributed by atoms with Crippen LogP contribution in [-0.4, -0.2) is 38.5 Å². The maximum atomic E-state index is 12.4. The van der Waals surface area contributed by atoms with Gasteiger partial charge in [-0.25, -0.2) is 4.79 Å². The van der Waals surface area contributed by atoms with Crippen LogP contribution in [0.5, 0.6) is 0 Å².